The van der Waals surface area contributed by atoms with E-state index in [-0.39, 0.29) is 17.7 Å². The van der Waals surface area contributed by atoms with Crippen LogP contribution in [0, 0.1) is 0 Å². The second kappa shape index (κ2) is 8.81. The van der Waals surface area contributed by atoms with Crippen LogP contribution in [0.4, 0.5) is 0 Å². The molecule has 160 valence electrons. The molecule has 5 rings (SSSR count). The molecule has 2 heterocycles. The van der Waals surface area contributed by atoms with Crippen molar-refractivity contribution in [2.75, 3.05) is 26.2 Å². The Hall–Kier alpha value is -3.70. The molecule has 5 nitrogen and oxygen atoms in total. The second-order valence-corrected chi connectivity index (χ2v) is 8.04. The minimum atomic E-state index is -0.474. The number of hydrogen-bond acceptors (Lipinski definition) is 4. The van der Waals surface area contributed by atoms with Crippen molar-refractivity contribution < 1.29 is 9.21 Å². The maximum atomic E-state index is 13.1. The molecule has 0 unspecified atom stereocenters. The Bertz CT molecular complexity index is 1240. The van der Waals surface area contributed by atoms with Gasteiger partial charge in [-0.3, -0.25) is 9.69 Å². The van der Waals surface area contributed by atoms with Crippen molar-refractivity contribution in [3.63, 3.8) is 0 Å². The molecular formula is C27H24N2O3. The summed E-state index contributed by atoms with van der Waals surface area (Å²) in [5.74, 6) is -0.131. The van der Waals surface area contributed by atoms with E-state index < -0.39 is 5.63 Å². The molecule has 3 aromatic carbocycles. The zero-order valence-electron chi connectivity index (χ0n) is 17.7. The molecule has 5 heteroatoms. The summed E-state index contributed by atoms with van der Waals surface area (Å²) in [5, 5.41) is 1.21. The number of rotatable bonds is 4. The molecule has 0 radical (unpaired) electrons. The van der Waals surface area contributed by atoms with Crippen molar-refractivity contribution in [1.29, 1.82) is 0 Å². The first-order chi connectivity index (χ1) is 15.7. The van der Waals surface area contributed by atoms with Crippen LogP contribution in [0.1, 0.15) is 27.7 Å². The standard InChI is InChI=1S/C27H24N2O3/c30-26(24-19-22-13-7-8-14-23(22)27(31)32-24)29-17-15-28(16-18-29)25(20-9-3-1-4-10-20)21-11-5-2-6-12-21/h1-14,19,25H,15-18H2. The first kappa shape index (κ1) is 20.2. The fourth-order valence-corrected chi connectivity index (χ4v) is 4.46. The molecule has 1 saturated heterocycles. The van der Waals surface area contributed by atoms with E-state index in [1.165, 1.54) is 11.1 Å². The highest BCUT2D eigenvalue weighted by Crippen LogP contribution is 2.29. The minimum absolute atomic E-state index is 0.102. The van der Waals surface area contributed by atoms with Crippen LogP contribution in [0.25, 0.3) is 10.8 Å². The van der Waals surface area contributed by atoms with E-state index in [9.17, 15) is 9.59 Å². The fourth-order valence-electron chi connectivity index (χ4n) is 4.46. The monoisotopic (exact) mass is 424 g/mol. The van der Waals surface area contributed by atoms with Crippen molar-refractivity contribution in [2.24, 2.45) is 0 Å². The number of amides is 1. The molecule has 1 aliphatic rings. The van der Waals surface area contributed by atoms with Crippen molar-refractivity contribution in [2.45, 2.75) is 6.04 Å². The van der Waals surface area contributed by atoms with E-state index in [0.29, 0.717) is 18.5 Å². The predicted octanol–water partition coefficient (Wildman–Crippen LogP) is 4.34. The number of nitrogens with zero attached hydrogens (tertiary/aromatic N) is 2. The van der Waals surface area contributed by atoms with Gasteiger partial charge in [0.15, 0.2) is 5.76 Å². The third kappa shape index (κ3) is 3.95. The molecule has 0 bridgehead atoms. The molecule has 32 heavy (non-hydrogen) atoms. The summed E-state index contributed by atoms with van der Waals surface area (Å²) < 4.78 is 5.36. The van der Waals surface area contributed by atoms with E-state index in [4.69, 9.17) is 4.42 Å². The molecule has 0 spiro atoms. The number of carbonyl (C=O) groups is 1. The van der Waals surface area contributed by atoms with Crippen LogP contribution < -0.4 is 5.63 Å². The van der Waals surface area contributed by atoms with Gasteiger partial charge in [0.2, 0.25) is 0 Å². The third-order valence-electron chi connectivity index (χ3n) is 6.08. The highest BCUT2D eigenvalue weighted by atomic mass is 16.4. The van der Waals surface area contributed by atoms with Gasteiger partial charge < -0.3 is 9.32 Å². The maximum Gasteiger partial charge on any atom is 0.344 e. The first-order valence-corrected chi connectivity index (χ1v) is 10.9. The van der Waals surface area contributed by atoms with Gasteiger partial charge >= 0.3 is 5.63 Å². The van der Waals surface area contributed by atoms with Crippen molar-refractivity contribution >= 4 is 16.7 Å². The Kier molecular flexibility index (Phi) is 5.57. The number of benzene rings is 3. The molecule has 1 aliphatic heterocycles. The topological polar surface area (TPSA) is 53.8 Å². The average molecular weight is 425 g/mol. The highest BCUT2D eigenvalue weighted by molar-refractivity contribution is 5.95. The molecular weight excluding hydrogens is 400 g/mol. The molecule has 0 N–H and O–H groups in total. The molecule has 0 aliphatic carbocycles. The highest BCUT2D eigenvalue weighted by Gasteiger charge is 2.29. The summed E-state index contributed by atoms with van der Waals surface area (Å²) >= 11 is 0. The number of fused-ring (bicyclic) bond motifs is 1. The van der Waals surface area contributed by atoms with Crippen molar-refractivity contribution in [1.82, 2.24) is 9.80 Å². The Morgan fingerprint density at radius 2 is 1.31 bits per heavy atom. The first-order valence-electron chi connectivity index (χ1n) is 10.9. The van der Waals surface area contributed by atoms with Gasteiger partial charge in [-0.05, 0) is 28.6 Å². The van der Waals surface area contributed by atoms with Gasteiger partial charge in [-0.25, -0.2) is 4.79 Å². The summed E-state index contributed by atoms with van der Waals surface area (Å²) in [6, 6.07) is 29.9. The normalized spacial score (nSPS) is 14.7. The number of carbonyl (C=O) groups excluding carboxylic acids is 1. The van der Waals surface area contributed by atoms with Gasteiger partial charge in [0, 0.05) is 26.2 Å². The Morgan fingerprint density at radius 3 is 1.94 bits per heavy atom. The van der Waals surface area contributed by atoms with E-state index in [1.54, 1.807) is 23.1 Å². The van der Waals surface area contributed by atoms with E-state index in [0.717, 1.165) is 18.5 Å². The molecule has 0 atom stereocenters. The predicted molar refractivity (Wildman–Crippen MR) is 125 cm³/mol. The van der Waals surface area contributed by atoms with Gasteiger partial charge in [-0.2, -0.15) is 0 Å². The lowest BCUT2D eigenvalue weighted by Crippen LogP contribution is -2.50. The van der Waals surface area contributed by atoms with Crippen molar-refractivity contribution in [3.8, 4) is 0 Å². The molecule has 1 aromatic heterocycles. The maximum absolute atomic E-state index is 13.1. The Labute approximate surface area is 186 Å². The van der Waals surface area contributed by atoms with E-state index in [2.05, 4.69) is 53.4 Å². The summed E-state index contributed by atoms with van der Waals surface area (Å²) in [4.78, 5) is 29.6. The SMILES string of the molecule is O=C(c1cc2ccccc2c(=O)o1)N1CCN(C(c2ccccc2)c2ccccc2)CC1. The van der Waals surface area contributed by atoms with Crippen LogP contribution in [0.5, 0.6) is 0 Å². The van der Waals surface area contributed by atoms with Crippen LogP contribution in [0.2, 0.25) is 0 Å². The zero-order chi connectivity index (χ0) is 21.9. The van der Waals surface area contributed by atoms with Gasteiger partial charge in [-0.15, -0.1) is 0 Å². The fraction of sp³-hybridized carbons (Fsp3) is 0.185. The van der Waals surface area contributed by atoms with Crippen LogP contribution in [0.3, 0.4) is 0 Å². The third-order valence-corrected chi connectivity index (χ3v) is 6.08. The van der Waals surface area contributed by atoms with Crippen LogP contribution >= 0.6 is 0 Å². The molecule has 0 saturated carbocycles. The lowest BCUT2D eigenvalue weighted by Gasteiger charge is -2.39. The zero-order valence-corrected chi connectivity index (χ0v) is 17.7. The van der Waals surface area contributed by atoms with Crippen LogP contribution in [-0.2, 0) is 0 Å². The van der Waals surface area contributed by atoms with Crippen LogP contribution in [-0.4, -0.2) is 41.9 Å². The van der Waals surface area contributed by atoms with Crippen molar-refractivity contribution in [3.05, 3.63) is 118 Å². The van der Waals surface area contributed by atoms with Gasteiger partial charge in [0.05, 0.1) is 11.4 Å². The summed E-state index contributed by atoms with van der Waals surface area (Å²) in [7, 11) is 0. The van der Waals surface area contributed by atoms with Gasteiger partial charge in [0.25, 0.3) is 5.91 Å². The Balaban J connectivity index is 1.36. The summed E-state index contributed by atoms with van der Waals surface area (Å²) in [5.41, 5.74) is 2.00. The second-order valence-electron chi connectivity index (χ2n) is 8.04. The van der Waals surface area contributed by atoms with Gasteiger partial charge in [0.1, 0.15) is 0 Å². The molecule has 1 amide bonds. The largest absolute Gasteiger partial charge is 0.417 e. The summed E-state index contributed by atoms with van der Waals surface area (Å²) in [6.07, 6.45) is 0. The lowest BCUT2D eigenvalue weighted by atomic mass is 9.96. The lowest BCUT2D eigenvalue weighted by molar-refractivity contribution is 0.0564. The quantitative estimate of drug-likeness (QED) is 0.489. The van der Waals surface area contributed by atoms with E-state index >= 15 is 0 Å². The number of piperazine rings is 1. The molecule has 1 fully saturated rings. The van der Waals surface area contributed by atoms with Gasteiger partial charge in [-0.1, -0.05) is 78.9 Å². The average Bonchev–Trinajstić information content (AvgIpc) is 2.85. The number of hydrogen-bond donors (Lipinski definition) is 0. The molecule has 4 aromatic rings. The smallest absolute Gasteiger partial charge is 0.344 e. The Morgan fingerprint density at radius 1 is 0.750 bits per heavy atom. The van der Waals surface area contributed by atoms with Crippen LogP contribution in [0.15, 0.2) is 100 Å². The van der Waals surface area contributed by atoms with E-state index in [1.807, 2.05) is 24.3 Å². The minimum Gasteiger partial charge on any atom is -0.417 e. The summed E-state index contributed by atoms with van der Waals surface area (Å²) in [6.45, 7) is 2.62.